The minimum atomic E-state index is -0.812. The molecule has 1 aromatic rings. The molecule has 1 aromatic heterocycles. The lowest BCUT2D eigenvalue weighted by molar-refractivity contribution is -0.0727. The van der Waals surface area contributed by atoms with Crippen LogP contribution in [-0.2, 0) is 6.42 Å². The third kappa shape index (κ3) is 1.68. The number of hydrogen-bond donors (Lipinski definition) is 2. The van der Waals surface area contributed by atoms with Crippen LogP contribution in [0.1, 0.15) is 69.1 Å². The number of aryl methyl sites for hydroxylation is 1. The standard InChI is InChI=1S/C20H28O3/c1-18-7-5-16-14(6-9-23-16)15(18)4-8-19-10-13(2-3-17(18)19)20(22,11-19)12-21/h6,9,13,15,17,21-22H,2-5,7-8,10-12H2,1H3/t13?,15?,17?,18-,19?,20+/m1/s1. The molecule has 23 heavy (non-hydrogen) atoms. The van der Waals surface area contributed by atoms with Crippen molar-refractivity contribution >= 4 is 0 Å². The van der Waals surface area contributed by atoms with Gasteiger partial charge in [0.15, 0.2) is 0 Å². The van der Waals surface area contributed by atoms with Crippen molar-refractivity contribution in [1.82, 2.24) is 0 Å². The van der Waals surface area contributed by atoms with Gasteiger partial charge in [-0.05, 0) is 85.2 Å². The van der Waals surface area contributed by atoms with E-state index >= 15 is 0 Å². The zero-order chi connectivity index (χ0) is 15.9. The number of fused-ring (bicyclic) bond motifs is 5. The first-order valence-electron chi connectivity index (χ1n) is 9.40. The predicted molar refractivity (Wildman–Crippen MR) is 87.0 cm³/mol. The second-order valence-electron chi connectivity index (χ2n) is 9.23. The maximum atomic E-state index is 10.9. The van der Waals surface area contributed by atoms with Gasteiger partial charge in [-0.3, -0.25) is 0 Å². The zero-order valence-corrected chi connectivity index (χ0v) is 14.1. The Morgan fingerprint density at radius 2 is 2.13 bits per heavy atom. The summed E-state index contributed by atoms with van der Waals surface area (Å²) in [5.41, 5.74) is 1.26. The van der Waals surface area contributed by atoms with Gasteiger partial charge in [0.1, 0.15) is 5.76 Å². The third-order valence-corrected chi connectivity index (χ3v) is 8.46. The number of aliphatic hydroxyl groups is 2. The van der Waals surface area contributed by atoms with Gasteiger partial charge in [0.25, 0.3) is 0 Å². The average Bonchev–Trinajstić information content (AvgIpc) is 3.09. The molecule has 1 heterocycles. The Labute approximate surface area is 138 Å². The Morgan fingerprint density at radius 1 is 1.26 bits per heavy atom. The van der Waals surface area contributed by atoms with Gasteiger partial charge in [0.05, 0.1) is 18.5 Å². The molecule has 4 unspecified atom stereocenters. The average molecular weight is 316 g/mol. The Hall–Kier alpha value is -0.800. The van der Waals surface area contributed by atoms with Crippen molar-refractivity contribution in [1.29, 1.82) is 0 Å². The molecule has 3 nitrogen and oxygen atoms in total. The molecule has 3 heteroatoms. The molecule has 3 fully saturated rings. The van der Waals surface area contributed by atoms with Gasteiger partial charge in [-0.1, -0.05) is 6.92 Å². The molecule has 0 radical (unpaired) electrons. The van der Waals surface area contributed by atoms with E-state index in [0.717, 1.165) is 25.7 Å². The monoisotopic (exact) mass is 316 g/mol. The van der Waals surface area contributed by atoms with Crippen LogP contribution in [0.5, 0.6) is 0 Å². The van der Waals surface area contributed by atoms with E-state index in [2.05, 4.69) is 13.0 Å². The van der Waals surface area contributed by atoms with Gasteiger partial charge in [-0.25, -0.2) is 0 Å². The molecule has 2 N–H and O–H groups in total. The van der Waals surface area contributed by atoms with Crippen LogP contribution >= 0.6 is 0 Å². The van der Waals surface area contributed by atoms with Gasteiger partial charge in [-0.15, -0.1) is 0 Å². The number of furan rings is 1. The minimum Gasteiger partial charge on any atom is -0.469 e. The Bertz CT molecular complexity index is 637. The van der Waals surface area contributed by atoms with Crippen molar-refractivity contribution in [3.8, 4) is 0 Å². The van der Waals surface area contributed by atoms with Crippen LogP contribution in [0, 0.1) is 22.7 Å². The summed E-state index contributed by atoms with van der Waals surface area (Å²) in [7, 11) is 0. The summed E-state index contributed by atoms with van der Waals surface area (Å²) in [6.45, 7) is 2.45. The van der Waals surface area contributed by atoms with E-state index in [4.69, 9.17) is 4.42 Å². The lowest BCUT2D eigenvalue weighted by Gasteiger charge is -2.59. The molecular formula is C20H28O3. The van der Waals surface area contributed by atoms with Crippen molar-refractivity contribution in [3.05, 3.63) is 23.7 Å². The fraction of sp³-hybridized carbons (Fsp3) is 0.800. The molecule has 1 spiro atoms. The Balaban J connectivity index is 1.56. The maximum absolute atomic E-state index is 10.9. The quantitative estimate of drug-likeness (QED) is 0.831. The van der Waals surface area contributed by atoms with E-state index in [1.807, 2.05) is 6.26 Å². The van der Waals surface area contributed by atoms with Crippen LogP contribution in [0.2, 0.25) is 0 Å². The van der Waals surface area contributed by atoms with Crippen molar-refractivity contribution in [2.24, 2.45) is 22.7 Å². The van der Waals surface area contributed by atoms with Crippen LogP contribution in [0.3, 0.4) is 0 Å². The van der Waals surface area contributed by atoms with Gasteiger partial charge in [0.2, 0.25) is 0 Å². The van der Waals surface area contributed by atoms with E-state index in [-0.39, 0.29) is 12.0 Å². The summed E-state index contributed by atoms with van der Waals surface area (Å²) < 4.78 is 5.72. The van der Waals surface area contributed by atoms with Crippen molar-refractivity contribution in [3.63, 3.8) is 0 Å². The summed E-state index contributed by atoms with van der Waals surface area (Å²) in [4.78, 5) is 0. The van der Waals surface area contributed by atoms with Crippen molar-refractivity contribution < 1.29 is 14.6 Å². The molecule has 2 bridgehead atoms. The maximum Gasteiger partial charge on any atom is 0.107 e. The van der Waals surface area contributed by atoms with E-state index in [0.29, 0.717) is 23.2 Å². The fourth-order valence-corrected chi connectivity index (χ4v) is 7.51. The first kappa shape index (κ1) is 14.5. The van der Waals surface area contributed by atoms with Crippen LogP contribution in [0.15, 0.2) is 16.7 Å². The molecule has 3 saturated carbocycles. The number of aliphatic hydroxyl groups excluding tert-OH is 1. The highest BCUT2D eigenvalue weighted by Gasteiger charge is 2.65. The molecular weight excluding hydrogens is 288 g/mol. The Morgan fingerprint density at radius 3 is 2.96 bits per heavy atom. The normalized spacial score (nSPS) is 51.0. The van der Waals surface area contributed by atoms with Gasteiger partial charge < -0.3 is 14.6 Å². The van der Waals surface area contributed by atoms with Gasteiger partial charge in [0, 0.05) is 6.42 Å². The Kier molecular flexibility index (Phi) is 2.80. The summed E-state index contributed by atoms with van der Waals surface area (Å²) in [6.07, 6.45) is 10.9. The smallest absolute Gasteiger partial charge is 0.107 e. The van der Waals surface area contributed by atoms with E-state index in [1.165, 1.54) is 37.0 Å². The SMILES string of the molecule is C[C@@]12CCc3occc3C1CCC13CC(CCC12)[C@@](O)(CO)C3. The van der Waals surface area contributed by atoms with E-state index in [1.54, 1.807) is 0 Å². The first-order valence-corrected chi connectivity index (χ1v) is 9.40. The third-order valence-electron chi connectivity index (χ3n) is 8.46. The minimum absolute atomic E-state index is 0.0574. The van der Waals surface area contributed by atoms with Crippen molar-refractivity contribution in [2.45, 2.75) is 69.8 Å². The lowest BCUT2D eigenvalue weighted by atomic mass is 9.45. The molecule has 6 atom stereocenters. The van der Waals surface area contributed by atoms with Crippen LogP contribution in [0.25, 0.3) is 0 Å². The molecule has 126 valence electrons. The summed E-state index contributed by atoms with van der Waals surface area (Å²) in [5.74, 6) is 2.85. The fourth-order valence-electron chi connectivity index (χ4n) is 7.51. The second kappa shape index (κ2) is 4.43. The molecule has 0 saturated heterocycles. The lowest BCUT2D eigenvalue weighted by Crippen LogP contribution is -2.51. The largest absolute Gasteiger partial charge is 0.469 e. The van der Waals surface area contributed by atoms with E-state index in [9.17, 15) is 10.2 Å². The van der Waals surface area contributed by atoms with Crippen LogP contribution in [0.4, 0.5) is 0 Å². The number of hydrogen-bond acceptors (Lipinski definition) is 3. The van der Waals surface area contributed by atoms with Crippen LogP contribution in [-0.4, -0.2) is 22.4 Å². The molecule has 0 aromatic carbocycles. The highest BCUT2D eigenvalue weighted by atomic mass is 16.3. The predicted octanol–water partition coefficient (Wildman–Crippen LogP) is 3.64. The summed E-state index contributed by atoms with van der Waals surface area (Å²) >= 11 is 0. The highest BCUT2D eigenvalue weighted by molar-refractivity contribution is 5.31. The molecule has 0 aliphatic heterocycles. The number of rotatable bonds is 1. The second-order valence-corrected chi connectivity index (χ2v) is 9.23. The molecule has 5 rings (SSSR count). The summed E-state index contributed by atoms with van der Waals surface area (Å²) in [5, 5.41) is 20.7. The van der Waals surface area contributed by atoms with Crippen molar-refractivity contribution in [2.75, 3.05) is 6.61 Å². The van der Waals surface area contributed by atoms with E-state index < -0.39 is 5.60 Å². The molecule has 4 aliphatic carbocycles. The molecule has 4 aliphatic rings. The van der Waals surface area contributed by atoms with Gasteiger partial charge in [-0.2, -0.15) is 0 Å². The first-order chi connectivity index (χ1) is 11.0. The van der Waals surface area contributed by atoms with Gasteiger partial charge >= 0.3 is 0 Å². The summed E-state index contributed by atoms with van der Waals surface area (Å²) in [6, 6.07) is 2.21. The topological polar surface area (TPSA) is 53.6 Å². The highest BCUT2D eigenvalue weighted by Crippen LogP contribution is 2.71. The zero-order valence-electron chi connectivity index (χ0n) is 14.1. The van der Waals surface area contributed by atoms with Crippen LogP contribution < -0.4 is 0 Å². The molecule has 0 amide bonds.